The summed E-state index contributed by atoms with van der Waals surface area (Å²) in [5.74, 6) is -0.909. The van der Waals surface area contributed by atoms with Gasteiger partial charge in [-0.1, -0.05) is 0 Å². The van der Waals surface area contributed by atoms with E-state index in [4.69, 9.17) is 19.3 Å². The number of carboxylic acid groups (broad SMARTS) is 1. The van der Waals surface area contributed by atoms with Crippen LogP contribution >= 0.6 is 0 Å². The normalized spacial score (nSPS) is 10.0. The number of hydrogen-bond donors (Lipinski definition) is 1. The fourth-order valence-electron chi connectivity index (χ4n) is 2.04. The van der Waals surface area contributed by atoms with E-state index in [1.807, 2.05) is 0 Å². The highest BCUT2D eigenvalue weighted by Gasteiger charge is 2.25. The Bertz CT molecular complexity index is 741. The Morgan fingerprint density at radius 2 is 1.64 bits per heavy atom. The lowest BCUT2D eigenvalue weighted by Crippen LogP contribution is -2.27. The van der Waals surface area contributed by atoms with Crippen LogP contribution in [0.4, 0.5) is 5.69 Å². The molecule has 0 spiro atoms. The number of carbonyl (C=O) groups is 2. The maximum atomic E-state index is 12.8. The predicted molar refractivity (Wildman–Crippen MR) is 87.4 cm³/mol. The van der Waals surface area contributed by atoms with E-state index in [-0.39, 0.29) is 17.3 Å². The molecule has 0 radical (unpaired) electrons. The lowest BCUT2D eigenvalue weighted by molar-refractivity contribution is -0.139. The molecule has 25 heavy (non-hydrogen) atoms. The fourth-order valence-corrected chi connectivity index (χ4v) is 2.04. The van der Waals surface area contributed by atoms with Gasteiger partial charge in [0.05, 0.1) is 14.2 Å². The molecule has 1 heterocycles. The van der Waals surface area contributed by atoms with E-state index >= 15 is 0 Å². The number of hydrogen-bond acceptors (Lipinski definition) is 7. The van der Waals surface area contributed by atoms with Gasteiger partial charge in [0, 0.05) is 12.7 Å². The van der Waals surface area contributed by atoms with E-state index in [0.717, 1.165) is 0 Å². The third kappa shape index (κ3) is 4.14. The zero-order chi connectivity index (χ0) is 18.4. The molecule has 0 aliphatic heterocycles. The van der Waals surface area contributed by atoms with Crippen molar-refractivity contribution in [3.05, 3.63) is 36.2 Å². The van der Waals surface area contributed by atoms with Gasteiger partial charge in [-0.05, 0) is 24.3 Å². The van der Waals surface area contributed by atoms with Crippen molar-refractivity contribution in [3.8, 4) is 17.5 Å². The number of nitrogens with zero attached hydrogens (tertiary/aromatic N) is 3. The number of carboxylic acids is 1. The van der Waals surface area contributed by atoms with Crippen LogP contribution in [0.2, 0.25) is 0 Å². The Morgan fingerprint density at radius 3 is 2.12 bits per heavy atom. The zero-order valence-corrected chi connectivity index (χ0v) is 13.9. The highest BCUT2D eigenvalue weighted by atomic mass is 16.5. The Kier molecular flexibility index (Phi) is 5.72. The molecular weight excluding hydrogens is 330 g/mol. The molecule has 1 aromatic heterocycles. The number of ether oxygens (including phenoxy) is 3. The molecule has 2 aromatic rings. The molecule has 0 unspecified atom stereocenters. The zero-order valence-electron chi connectivity index (χ0n) is 13.9. The van der Waals surface area contributed by atoms with Crippen molar-refractivity contribution in [3.63, 3.8) is 0 Å². The van der Waals surface area contributed by atoms with Crippen LogP contribution in [0.25, 0.3) is 0 Å². The molecule has 0 atom stereocenters. The van der Waals surface area contributed by atoms with Crippen molar-refractivity contribution in [2.24, 2.45) is 0 Å². The first-order chi connectivity index (χ1) is 12.0. The molecule has 0 saturated heterocycles. The van der Waals surface area contributed by atoms with Gasteiger partial charge in [0.1, 0.15) is 12.1 Å². The molecule has 0 aliphatic carbocycles. The van der Waals surface area contributed by atoms with E-state index in [0.29, 0.717) is 11.4 Å². The monoisotopic (exact) mass is 347 g/mol. The summed E-state index contributed by atoms with van der Waals surface area (Å²) < 4.78 is 15.3. The van der Waals surface area contributed by atoms with Crippen molar-refractivity contribution >= 4 is 17.6 Å². The first-order valence-electron chi connectivity index (χ1n) is 7.13. The molecule has 0 bridgehead atoms. The van der Waals surface area contributed by atoms with Crippen molar-refractivity contribution in [1.82, 2.24) is 9.97 Å². The van der Waals surface area contributed by atoms with Crippen LogP contribution in [0.3, 0.4) is 0 Å². The number of methoxy groups -OCH3 is 2. The molecule has 2 rings (SSSR count). The Hall–Kier alpha value is -3.36. The van der Waals surface area contributed by atoms with Gasteiger partial charge in [0.15, 0.2) is 12.2 Å². The van der Waals surface area contributed by atoms with Gasteiger partial charge in [0.25, 0.3) is 5.91 Å². The Labute approximate surface area is 143 Å². The second-order valence-electron chi connectivity index (χ2n) is 4.81. The Morgan fingerprint density at radius 1 is 1.08 bits per heavy atom. The predicted octanol–water partition coefficient (Wildman–Crippen LogP) is 1.23. The summed E-state index contributed by atoms with van der Waals surface area (Å²) in [7, 11) is 4.36. The van der Waals surface area contributed by atoms with Gasteiger partial charge in [-0.2, -0.15) is 0 Å². The molecule has 1 aromatic carbocycles. The summed E-state index contributed by atoms with van der Waals surface area (Å²) in [6, 6.07) is 6.38. The largest absolute Gasteiger partial charge is 0.482 e. The number of anilines is 1. The van der Waals surface area contributed by atoms with E-state index in [1.54, 1.807) is 31.3 Å². The Balaban J connectivity index is 2.24. The maximum Gasteiger partial charge on any atom is 0.341 e. The van der Waals surface area contributed by atoms with Gasteiger partial charge >= 0.3 is 5.97 Å². The van der Waals surface area contributed by atoms with Crippen molar-refractivity contribution in [1.29, 1.82) is 0 Å². The number of aromatic nitrogens is 2. The molecule has 0 saturated carbocycles. The summed E-state index contributed by atoms with van der Waals surface area (Å²) in [5, 5.41) is 8.60. The number of amides is 1. The lowest BCUT2D eigenvalue weighted by atomic mass is 10.2. The minimum absolute atomic E-state index is 0.0983. The number of aliphatic carboxylic acids is 1. The summed E-state index contributed by atoms with van der Waals surface area (Å²) in [6.45, 7) is -0.441. The smallest absolute Gasteiger partial charge is 0.341 e. The van der Waals surface area contributed by atoms with Crippen LogP contribution in [-0.4, -0.2) is 54.8 Å². The van der Waals surface area contributed by atoms with E-state index < -0.39 is 18.5 Å². The van der Waals surface area contributed by atoms with Gasteiger partial charge < -0.3 is 24.2 Å². The molecule has 9 nitrogen and oxygen atoms in total. The molecule has 132 valence electrons. The van der Waals surface area contributed by atoms with Gasteiger partial charge in [-0.25, -0.2) is 14.8 Å². The molecule has 0 fully saturated rings. The van der Waals surface area contributed by atoms with Gasteiger partial charge in [-0.15, -0.1) is 0 Å². The number of rotatable bonds is 7. The standard InChI is InChI=1S/C16H17N3O6/c1-19(10-4-6-11(7-5-10)25-8-12(20)21)16(22)13-14(23-2)17-9-18-15(13)24-3/h4-7,9H,8H2,1-3H3,(H,20,21). The van der Waals surface area contributed by atoms with Crippen LogP contribution < -0.4 is 19.1 Å². The third-order valence-corrected chi connectivity index (χ3v) is 3.27. The van der Waals surface area contributed by atoms with E-state index in [2.05, 4.69) is 9.97 Å². The van der Waals surface area contributed by atoms with Crippen molar-refractivity contribution < 1.29 is 28.9 Å². The number of carbonyl (C=O) groups excluding carboxylic acids is 1. The first kappa shape index (κ1) is 18.0. The highest BCUT2D eigenvalue weighted by Crippen LogP contribution is 2.27. The summed E-state index contributed by atoms with van der Waals surface area (Å²) in [4.78, 5) is 32.5. The van der Waals surface area contributed by atoms with Gasteiger partial charge in [0.2, 0.25) is 11.8 Å². The summed E-state index contributed by atoms with van der Waals surface area (Å²) in [5.41, 5.74) is 0.654. The SMILES string of the molecule is COc1ncnc(OC)c1C(=O)N(C)c1ccc(OCC(=O)O)cc1. The van der Waals surface area contributed by atoms with Crippen molar-refractivity contribution in [2.75, 3.05) is 32.8 Å². The van der Waals surface area contributed by atoms with Crippen LogP contribution in [0.15, 0.2) is 30.6 Å². The summed E-state index contributed by atoms with van der Waals surface area (Å²) in [6.07, 6.45) is 1.24. The molecule has 1 N–H and O–H groups in total. The second-order valence-corrected chi connectivity index (χ2v) is 4.81. The molecular formula is C16H17N3O6. The lowest BCUT2D eigenvalue weighted by Gasteiger charge is -2.19. The average molecular weight is 347 g/mol. The molecule has 0 aliphatic rings. The molecule has 9 heteroatoms. The fraction of sp³-hybridized carbons (Fsp3) is 0.250. The topological polar surface area (TPSA) is 111 Å². The minimum Gasteiger partial charge on any atom is -0.482 e. The van der Waals surface area contributed by atoms with Crippen LogP contribution in [0.5, 0.6) is 17.5 Å². The molecule has 1 amide bonds. The second kappa shape index (κ2) is 7.95. The average Bonchev–Trinajstić information content (AvgIpc) is 2.64. The minimum atomic E-state index is -1.07. The first-order valence-corrected chi connectivity index (χ1v) is 7.13. The number of benzene rings is 1. The van der Waals surface area contributed by atoms with Crippen molar-refractivity contribution in [2.45, 2.75) is 0 Å². The van der Waals surface area contributed by atoms with Crippen LogP contribution in [0, 0.1) is 0 Å². The van der Waals surface area contributed by atoms with Gasteiger partial charge in [-0.3, -0.25) is 4.79 Å². The third-order valence-electron chi connectivity index (χ3n) is 3.27. The van der Waals surface area contributed by atoms with E-state index in [9.17, 15) is 9.59 Å². The quantitative estimate of drug-likeness (QED) is 0.796. The van der Waals surface area contributed by atoms with E-state index in [1.165, 1.54) is 25.4 Å². The highest BCUT2D eigenvalue weighted by molar-refractivity contribution is 6.08. The van der Waals surface area contributed by atoms with Crippen LogP contribution in [0.1, 0.15) is 10.4 Å². The maximum absolute atomic E-state index is 12.8. The summed E-state index contributed by atoms with van der Waals surface area (Å²) >= 11 is 0. The van der Waals surface area contributed by atoms with Crippen LogP contribution in [-0.2, 0) is 4.79 Å².